The molecule has 0 bridgehead atoms. The molecule has 0 atom stereocenters. The smallest absolute Gasteiger partial charge is 0.162 e. The lowest BCUT2D eigenvalue weighted by Crippen LogP contribution is -2.37. The van der Waals surface area contributed by atoms with E-state index in [1.54, 1.807) is 0 Å². The van der Waals surface area contributed by atoms with E-state index in [-0.39, 0.29) is 18.5 Å². The van der Waals surface area contributed by atoms with Gasteiger partial charge in [-0.1, -0.05) is 13.8 Å². The maximum absolute atomic E-state index is 9.23. The predicted octanol–water partition coefficient (Wildman–Crippen LogP) is 1.09. The molecule has 0 aliphatic heterocycles. The lowest BCUT2D eigenvalue weighted by Gasteiger charge is -2.29. The summed E-state index contributed by atoms with van der Waals surface area (Å²) in [5, 5.41) is 25.6. The fourth-order valence-electron chi connectivity index (χ4n) is 2.36. The highest BCUT2D eigenvalue weighted by atomic mass is 16.3. The number of hydrogen-bond donors (Lipinski definition) is 3. The zero-order chi connectivity index (χ0) is 15.3. The number of aliphatic hydroxyl groups excluding tert-OH is 1. The Morgan fingerprint density at radius 1 is 1.30 bits per heavy atom. The maximum atomic E-state index is 9.23. The molecule has 1 aromatic heterocycles. The van der Waals surface area contributed by atoms with Gasteiger partial charge >= 0.3 is 0 Å². The van der Waals surface area contributed by atoms with Gasteiger partial charge in [-0.15, -0.1) is 5.10 Å². The third-order valence-electron chi connectivity index (χ3n) is 3.33. The molecular formula is C14H25N5O. The van der Waals surface area contributed by atoms with Crippen LogP contribution in [0.5, 0.6) is 0 Å². The van der Waals surface area contributed by atoms with Gasteiger partial charge in [-0.2, -0.15) is 5.10 Å². The average molecular weight is 279 g/mol. The molecule has 0 unspecified atom stereocenters. The van der Waals surface area contributed by atoms with Crippen LogP contribution in [0, 0.1) is 5.41 Å². The van der Waals surface area contributed by atoms with Crippen molar-refractivity contribution in [1.29, 1.82) is 5.41 Å². The molecule has 0 radical (unpaired) electrons. The molecule has 0 fully saturated rings. The van der Waals surface area contributed by atoms with E-state index in [0.29, 0.717) is 17.9 Å². The Hall–Kier alpha value is -1.69. The Balaban J connectivity index is 3.49. The van der Waals surface area contributed by atoms with Gasteiger partial charge in [0.15, 0.2) is 5.82 Å². The number of nitrogens with one attached hydrogen (secondary N) is 1. The zero-order valence-corrected chi connectivity index (χ0v) is 12.8. The zero-order valence-electron chi connectivity index (χ0n) is 12.8. The number of hydrogen-bond acceptors (Lipinski definition) is 5. The number of aliphatic hydroxyl groups is 1. The van der Waals surface area contributed by atoms with E-state index in [9.17, 15) is 5.11 Å². The van der Waals surface area contributed by atoms with Gasteiger partial charge in [-0.25, -0.2) is 0 Å². The van der Waals surface area contributed by atoms with Gasteiger partial charge in [-0.05, 0) is 32.3 Å². The highest BCUT2D eigenvalue weighted by Crippen LogP contribution is 2.24. The molecule has 0 amide bonds. The van der Waals surface area contributed by atoms with Crippen LogP contribution in [0.2, 0.25) is 0 Å². The second kappa shape index (κ2) is 7.19. The summed E-state index contributed by atoms with van der Waals surface area (Å²) in [6.45, 7) is 8.54. The van der Waals surface area contributed by atoms with Crippen molar-refractivity contribution in [2.75, 3.05) is 18.1 Å². The molecule has 1 aromatic rings. The molecule has 0 saturated carbocycles. The van der Waals surface area contributed by atoms with E-state index >= 15 is 0 Å². The van der Waals surface area contributed by atoms with Crippen molar-refractivity contribution >= 4 is 11.7 Å². The standard InChI is InChI=1S/C14H25N5O/c1-5-10-11(6-2)17-18-14(12(10)13(15)16)19(7-8-20)9(3)4/h9,20H,5-8H2,1-4H3,(H3,15,16). The van der Waals surface area contributed by atoms with Crippen molar-refractivity contribution in [2.24, 2.45) is 5.73 Å². The third kappa shape index (κ3) is 3.25. The molecule has 0 saturated heterocycles. The van der Waals surface area contributed by atoms with Gasteiger partial charge in [0.05, 0.1) is 17.9 Å². The van der Waals surface area contributed by atoms with Crippen LogP contribution in [0.25, 0.3) is 0 Å². The lowest BCUT2D eigenvalue weighted by molar-refractivity contribution is 0.298. The summed E-state index contributed by atoms with van der Waals surface area (Å²) in [5.74, 6) is 0.598. The van der Waals surface area contributed by atoms with Crippen LogP contribution in [-0.4, -0.2) is 40.3 Å². The number of nitrogens with zero attached hydrogens (tertiary/aromatic N) is 3. The summed E-state index contributed by atoms with van der Waals surface area (Å²) in [4.78, 5) is 1.93. The predicted molar refractivity (Wildman–Crippen MR) is 81.4 cm³/mol. The summed E-state index contributed by atoms with van der Waals surface area (Å²) in [7, 11) is 0. The first-order valence-electron chi connectivity index (χ1n) is 7.08. The van der Waals surface area contributed by atoms with Crippen molar-refractivity contribution in [1.82, 2.24) is 10.2 Å². The Kier molecular flexibility index (Phi) is 5.88. The molecule has 6 heteroatoms. The Morgan fingerprint density at radius 2 is 1.95 bits per heavy atom. The van der Waals surface area contributed by atoms with E-state index in [1.807, 2.05) is 32.6 Å². The van der Waals surface area contributed by atoms with Crippen molar-refractivity contribution in [2.45, 2.75) is 46.6 Å². The topological polar surface area (TPSA) is 99.1 Å². The van der Waals surface area contributed by atoms with Gasteiger partial charge in [-0.3, -0.25) is 5.41 Å². The number of nitrogens with two attached hydrogens (primary N) is 1. The number of amidine groups is 1. The molecule has 1 heterocycles. The largest absolute Gasteiger partial charge is 0.395 e. The fraction of sp³-hybridized carbons (Fsp3) is 0.643. The van der Waals surface area contributed by atoms with Gasteiger partial charge < -0.3 is 15.7 Å². The Labute approximate surface area is 120 Å². The van der Waals surface area contributed by atoms with Crippen LogP contribution >= 0.6 is 0 Å². The van der Waals surface area contributed by atoms with E-state index in [2.05, 4.69) is 10.2 Å². The third-order valence-corrected chi connectivity index (χ3v) is 3.33. The molecule has 1 rings (SSSR count). The van der Waals surface area contributed by atoms with Crippen LogP contribution < -0.4 is 10.6 Å². The normalized spacial score (nSPS) is 10.9. The van der Waals surface area contributed by atoms with Gasteiger partial charge in [0, 0.05) is 12.6 Å². The first-order valence-corrected chi connectivity index (χ1v) is 7.08. The van der Waals surface area contributed by atoms with Crippen LogP contribution in [0.1, 0.15) is 44.5 Å². The van der Waals surface area contributed by atoms with Crippen molar-refractivity contribution in [3.05, 3.63) is 16.8 Å². The van der Waals surface area contributed by atoms with Crippen molar-refractivity contribution in [3.63, 3.8) is 0 Å². The first kappa shape index (κ1) is 16.4. The number of anilines is 1. The number of nitrogen functional groups attached to an aromatic ring is 1. The molecule has 0 aliphatic rings. The van der Waals surface area contributed by atoms with Crippen molar-refractivity contribution < 1.29 is 5.11 Å². The van der Waals surface area contributed by atoms with Crippen LogP contribution in [-0.2, 0) is 12.8 Å². The Morgan fingerprint density at radius 3 is 2.35 bits per heavy atom. The van der Waals surface area contributed by atoms with Crippen LogP contribution in [0.4, 0.5) is 5.82 Å². The second-order valence-electron chi connectivity index (χ2n) is 4.96. The molecule has 20 heavy (non-hydrogen) atoms. The Bertz CT molecular complexity index is 473. The molecule has 6 nitrogen and oxygen atoms in total. The molecule has 0 aliphatic carbocycles. The number of rotatable bonds is 7. The lowest BCUT2D eigenvalue weighted by atomic mass is 10.0. The summed E-state index contributed by atoms with van der Waals surface area (Å²) >= 11 is 0. The minimum absolute atomic E-state index is 0.00467. The molecule has 4 N–H and O–H groups in total. The highest BCUT2D eigenvalue weighted by molar-refractivity contribution is 6.01. The highest BCUT2D eigenvalue weighted by Gasteiger charge is 2.22. The van der Waals surface area contributed by atoms with Crippen LogP contribution in [0.3, 0.4) is 0 Å². The minimum Gasteiger partial charge on any atom is -0.395 e. The molecule has 0 aromatic carbocycles. The van der Waals surface area contributed by atoms with E-state index in [4.69, 9.17) is 11.1 Å². The van der Waals surface area contributed by atoms with Crippen molar-refractivity contribution in [3.8, 4) is 0 Å². The monoisotopic (exact) mass is 279 g/mol. The van der Waals surface area contributed by atoms with Gasteiger partial charge in [0.1, 0.15) is 5.84 Å². The van der Waals surface area contributed by atoms with Crippen LogP contribution in [0.15, 0.2) is 0 Å². The van der Waals surface area contributed by atoms with E-state index in [0.717, 1.165) is 24.1 Å². The number of aryl methyl sites for hydroxylation is 1. The van der Waals surface area contributed by atoms with E-state index in [1.165, 1.54) is 0 Å². The number of aromatic nitrogens is 2. The van der Waals surface area contributed by atoms with Gasteiger partial charge in [0.2, 0.25) is 0 Å². The molecular weight excluding hydrogens is 254 g/mol. The summed E-state index contributed by atoms with van der Waals surface area (Å²) < 4.78 is 0. The summed E-state index contributed by atoms with van der Waals surface area (Å²) in [5.41, 5.74) is 8.29. The second-order valence-corrected chi connectivity index (χ2v) is 4.96. The average Bonchev–Trinajstić information content (AvgIpc) is 2.42. The van der Waals surface area contributed by atoms with E-state index < -0.39 is 0 Å². The summed E-state index contributed by atoms with van der Waals surface area (Å²) in [6, 6.07) is 0.145. The molecule has 0 spiro atoms. The SMILES string of the molecule is CCc1nnc(N(CCO)C(C)C)c(C(=N)N)c1CC. The first-order chi connectivity index (χ1) is 9.47. The quantitative estimate of drug-likeness (QED) is 0.512. The fourth-order valence-corrected chi connectivity index (χ4v) is 2.36. The maximum Gasteiger partial charge on any atom is 0.162 e. The van der Waals surface area contributed by atoms with Gasteiger partial charge in [0.25, 0.3) is 0 Å². The summed E-state index contributed by atoms with van der Waals surface area (Å²) in [6.07, 6.45) is 1.52. The minimum atomic E-state index is 0.00467. The molecule has 112 valence electrons.